The maximum absolute atomic E-state index is 13.4. The van der Waals surface area contributed by atoms with Gasteiger partial charge in [-0.15, -0.1) is 0 Å². The van der Waals surface area contributed by atoms with Gasteiger partial charge in [0, 0.05) is 6.07 Å². The molecule has 1 aromatic heterocycles. The third kappa shape index (κ3) is 2.54. The summed E-state index contributed by atoms with van der Waals surface area (Å²) in [6.07, 6.45) is 1.17. The van der Waals surface area contributed by atoms with Crippen LogP contribution in [-0.2, 0) is 0 Å². The molecule has 0 spiro atoms. The number of halogens is 3. The molecule has 0 bridgehead atoms. The van der Waals surface area contributed by atoms with Crippen molar-refractivity contribution in [2.45, 2.75) is 0 Å². The minimum atomic E-state index is -0.528. The fourth-order valence-electron chi connectivity index (χ4n) is 1.17. The Bertz CT molecular complexity index is 660. The predicted molar refractivity (Wildman–Crippen MR) is 71.1 cm³/mol. The van der Waals surface area contributed by atoms with E-state index in [9.17, 15) is 9.18 Å². The number of hydrogen-bond donors (Lipinski definition) is 2. The van der Waals surface area contributed by atoms with E-state index in [0.29, 0.717) is 0 Å². The summed E-state index contributed by atoms with van der Waals surface area (Å²) in [6, 6.07) is 2.47. The largest absolute Gasteiger partial charge is 0.435 e. The van der Waals surface area contributed by atoms with Crippen LogP contribution in [0.2, 0.25) is 0 Å². The van der Waals surface area contributed by atoms with Crippen LogP contribution in [0, 0.1) is 5.82 Å². The van der Waals surface area contributed by atoms with Crippen LogP contribution in [0.25, 0.3) is 0 Å². The first kappa shape index (κ1) is 13.0. The highest BCUT2D eigenvalue weighted by atomic mass is 79.9. The topological polar surface area (TPSA) is 81.0 Å². The van der Waals surface area contributed by atoms with Crippen LogP contribution in [0.5, 0.6) is 11.6 Å². The molecule has 2 aromatic rings. The molecular formula is C10H6Br2FN3O2. The van der Waals surface area contributed by atoms with Gasteiger partial charge >= 0.3 is 0 Å². The second-order valence-corrected chi connectivity index (χ2v) is 4.90. The number of H-pyrrole nitrogens is 1. The predicted octanol–water partition coefficient (Wildman–Crippen LogP) is 2.81. The number of anilines is 1. The maximum Gasteiger partial charge on any atom is 0.268 e. The van der Waals surface area contributed by atoms with Crippen molar-refractivity contribution >= 4 is 37.5 Å². The number of aromatic nitrogens is 2. The summed E-state index contributed by atoms with van der Waals surface area (Å²) in [5.74, 6) is -0.443. The van der Waals surface area contributed by atoms with Gasteiger partial charge < -0.3 is 15.5 Å². The molecule has 0 radical (unpaired) electrons. The highest BCUT2D eigenvalue weighted by molar-refractivity contribution is 9.10. The Morgan fingerprint density at radius 2 is 2.11 bits per heavy atom. The van der Waals surface area contributed by atoms with Gasteiger partial charge in [0.05, 0.1) is 16.5 Å². The van der Waals surface area contributed by atoms with E-state index in [1.165, 1.54) is 12.4 Å². The number of rotatable bonds is 2. The average Bonchev–Trinajstić information content (AvgIpc) is 2.32. The molecule has 94 valence electrons. The van der Waals surface area contributed by atoms with Crippen LogP contribution in [0.15, 0.2) is 32.2 Å². The second-order valence-electron chi connectivity index (χ2n) is 3.26. The summed E-state index contributed by atoms with van der Waals surface area (Å²) in [5, 5.41) is 0. The molecule has 0 saturated carbocycles. The van der Waals surface area contributed by atoms with Crippen LogP contribution in [0.4, 0.5) is 10.1 Å². The van der Waals surface area contributed by atoms with Crippen LogP contribution < -0.4 is 16.0 Å². The number of benzene rings is 1. The van der Waals surface area contributed by atoms with Gasteiger partial charge in [0.1, 0.15) is 10.3 Å². The summed E-state index contributed by atoms with van der Waals surface area (Å²) in [4.78, 5) is 17.5. The molecular weight excluding hydrogens is 373 g/mol. The Morgan fingerprint density at radius 1 is 1.39 bits per heavy atom. The van der Waals surface area contributed by atoms with Crippen molar-refractivity contribution in [3.05, 3.63) is 43.6 Å². The van der Waals surface area contributed by atoms with Gasteiger partial charge in [-0.1, -0.05) is 0 Å². The summed E-state index contributed by atoms with van der Waals surface area (Å²) < 4.78 is 19.0. The number of nitrogens with zero attached hydrogens (tertiary/aromatic N) is 1. The van der Waals surface area contributed by atoms with E-state index in [2.05, 4.69) is 41.8 Å². The lowest BCUT2D eigenvalue weighted by Gasteiger charge is -2.09. The van der Waals surface area contributed by atoms with E-state index in [4.69, 9.17) is 10.5 Å². The number of ether oxygens (including phenoxy) is 1. The Morgan fingerprint density at radius 3 is 2.83 bits per heavy atom. The molecule has 0 unspecified atom stereocenters. The van der Waals surface area contributed by atoms with Gasteiger partial charge in [0.15, 0.2) is 5.75 Å². The molecule has 18 heavy (non-hydrogen) atoms. The number of nitrogen functional groups attached to an aromatic ring is 1. The van der Waals surface area contributed by atoms with Gasteiger partial charge in [-0.3, -0.25) is 4.79 Å². The molecule has 8 heteroatoms. The van der Waals surface area contributed by atoms with Gasteiger partial charge in [-0.25, -0.2) is 9.37 Å². The quantitative estimate of drug-likeness (QED) is 0.787. The van der Waals surface area contributed by atoms with Gasteiger partial charge in [-0.05, 0) is 37.9 Å². The van der Waals surface area contributed by atoms with Crippen molar-refractivity contribution in [1.29, 1.82) is 0 Å². The molecule has 0 fully saturated rings. The number of aromatic amines is 1. The zero-order chi connectivity index (χ0) is 13.3. The molecule has 0 aliphatic rings. The monoisotopic (exact) mass is 377 g/mol. The Labute approximate surface area is 117 Å². The molecule has 3 N–H and O–H groups in total. The lowest BCUT2D eigenvalue weighted by molar-refractivity contribution is 0.454. The standard InChI is InChI=1S/C10H6Br2FN3O2/c11-4-1-6(14)7(2-5(4)13)18-10-8(12)9(17)15-3-16-10/h1-3H,14H2,(H,15,16,17). The molecule has 0 saturated heterocycles. The van der Waals surface area contributed by atoms with Crippen molar-refractivity contribution in [2.75, 3.05) is 5.73 Å². The smallest absolute Gasteiger partial charge is 0.268 e. The third-order valence-corrected chi connectivity index (χ3v) is 3.33. The zero-order valence-corrected chi connectivity index (χ0v) is 11.9. The fraction of sp³-hybridized carbons (Fsp3) is 0. The van der Waals surface area contributed by atoms with Crippen molar-refractivity contribution in [2.24, 2.45) is 0 Å². The minimum Gasteiger partial charge on any atom is -0.435 e. The van der Waals surface area contributed by atoms with Gasteiger partial charge in [0.25, 0.3) is 5.56 Å². The fourth-order valence-corrected chi connectivity index (χ4v) is 1.83. The van der Waals surface area contributed by atoms with Crippen molar-refractivity contribution in [3.8, 4) is 11.6 Å². The van der Waals surface area contributed by atoms with E-state index in [1.807, 2.05) is 0 Å². The average molecular weight is 379 g/mol. The molecule has 1 aromatic carbocycles. The summed E-state index contributed by atoms with van der Waals surface area (Å²) in [5.41, 5.74) is 5.49. The SMILES string of the molecule is Nc1cc(Br)c(F)cc1Oc1nc[nH]c(=O)c1Br. The lowest BCUT2D eigenvalue weighted by atomic mass is 10.3. The van der Waals surface area contributed by atoms with E-state index < -0.39 is 11.4 Å². The summed E-state index contributed by atoms with van der Waals surface area (Å²) >= 11 is 6.02. The second kappa shape index (κ2) is 5.07. The van der Waals surface area contributed by atoms with E-state index in [1.54, 1.807) is 0 Å². The molecule has 0 amide bonds. The zero-order valence-electron chi connectivity index (χ0n) is 8.71. The first-order chi connectivity index (χ1) is 8.49. The summed E-state index contributed by atoms with van der Waals surface area (Å²) in [7, 11) is 0. The van der Waals surface area contributed by atoms with E-state index in [-0.39, 0.29) is 26.3 Å². The van der Waals surface area contributed by atoms with E-state index in [0.717, 1.165) is 6.07 Å². The molecule has 5 nitrogen and oxygen atoms in total. The van der Waals surface area contributed by atoms with E-state index >= 15 is 0 Å². The third-order valence-electron chi connectivity index (χ3n) is 2.02. The lowest BCUT2D eigenvalue weighted by Crippen LogP contribution is -2.08. The number of nitrogens with one attached hydrogen (secondary N) is 1. The normalized spacial score (nSPS) is 10.4. The number of hydrogen-bond acceptors (Lipinski definition) is 4. The first-order valence-electron chi connectivity index (χ1n) is 4.64. The molecule has 0 aliphatic carbocycles. The summed E-state index contributed by atoms with van der Waals surface area (Å²) in [6.45, 7) is 0. The number of nitrogens with two attached hydrogens (primary N) is 1. The first-order valence-corrected chi connectivity index (χ1v) is 6.23. The minimum absolute atomic E-state index is 0.00664. The molecule has 0 atom stereocenters. The van der Waals surface area contributed by atoms with Crippen LogP contribution >= 0.6 is 31.9 Å². The maximum atomic E-state index is 13.4. The molecule has 1 heterocycles. The Hall–Kier alpha value is -1.41. The van der Waals surface area contributed by atoms with Crippen molar-refractivity contribution in [3.63, 3.8) is 0 Å². The van der Waals surface area contributed by atoms with Gasteiger partial charge in [0.2, 0.25) is 5.88 Å². The van der Waals surface area contributed by atoms with Crippen LogP contribution in [0.3, 0.4) is 0 Å². The Balaban J connectivity index is 2.43. The van der Waals surface area contributed by atoms with Crippen molar-refractivity contribution < 1.29 is 9.13 Å². The van der Waals surface area contributed by atoms with Crippen LogP contribution in [0.1, 0.15) is 0 Å². The highest BCUT2D eigenvalue weighted by Crippen LogP contribution is 2.32. The molecule has 0 aliphatic heterocycles. The van der Waals surface area contributed by atoms with Crippen LogP contribution in [-0.4, -0.2) is 9.97 Å². The highest BCUT2D eigenvalue weighted by Gasteiger charge is 2.12. The molecule has 2 rings (SSSR count). The van der Waals surface area contributed by atoms with Gasteiger partial charge in [-0.2, -0.15) is 0 Å². The van der Waals surface area contributed by atoms with Crippen molar-refractivity contribution in [1.82, 2.24) is 9.97 Å². The Kier molecular flexibility index (Phi) is 3.67.